The van der Waals surface area contributed by atoms with Gasteiger partial charge in [0.25, 0.3) is 0 Å². The molecule has 0 aliphatic carbocycles. The van der Waals surface area contributed by atoms with Crippen LogP contribution >= 0.6 is 0 Å². The summed E-state index contributed by atoms with van der Waals surface area (Å²) in [6.45, 7) is 2.09. The van der Waals surface area contributed by atoms with E-state index >= 15 is 0 Å². The van der Waals surface area contributed by atoms with Crippen LogP contribution in [0.1, 0.15) is 12.5 Å². The molecule has 0 heterocycles. The first kappa shape index (κ1) is 23.4. The van der Waals surface area contributed by atoms with Gasteiger partial charge in [0.05, 0.1) is 6.10 Å². The van der Waals surface area contributed by atoms with Crippen LogP contribution in [0.25, 0.3) is 0 Å². The van der Waals surface area contributed by atoms with Crippen molar-refractivity contribution >= 4 is 5.69 Å². The van der Waals surface area contributed by atoms with Gasteiger partial charge >= 0.3 is 12.5 Å². The minimum Gasteiger partial charge on any atom is -0.457 e. The molecular formula is C24H23F4NO3. The lowest BCUT2D eigenvalue weighted by molar-refractivity contribution is -0.253. The number of hydrogen-bond acceptors (Lipinski definition) is 4. The number of rotatable bonds is 10. The molecule has 0 bridgehead atoms. The molecule has 0 radical (unpaired) electrons. The van der Waals surface area contributed by atoms with Crippen LogP contribution in [-0.4, -0.2) is 30.3 Å². The summed E-state index contributed by atoms with van der Waals surface area (Å²) in [5, 5.41) is 9.96. The van der Waals surface area contributed by atoms with Gasteiger partial charge in [-0.15, -0.1) is 0 Å². The maximum Gasteiger partial charge on any atom is 0.461 e. The van der Waals surface area contributed by atoms with Crippen LogP contribution in [0.15, 0.2) is 78.9 Å². The zero-order valence-electron chi connectivity index (χ0n) is 17.3. The zero-order chi connectivity index (χ0) is 23.1. The molecule has 3 aromatic rings. The summed E-state index contributed by atoms with van der Waals surface area (Å²) in [4.78, 5) is 1.83. The van der Waals surface area contributed by atoms with Crippen LogP contribution in [0, 0.1) is 0 Å². The smallest absolute Gasteiger partial charge is 0.457 e. The number of alkyl halides is 4. The van der Waals surface area contributed by atoms with Gasteiger partial charge in [0.15, 0.2) is 0 Å². The number of aliphatic hydroxyl groups is 1. The van der Waals surface area contributed by atoms with Crippen LogP contribution < -0.4 is 14.4 Å². The normalized spacial score (nSPS) is 12.5. The molecule has 170 valence electrons. The summed E-state index contributed by atoms with van der Waals surface area (Å²) in [7, 11) is 0. The molecule has 8 heteroatoms. The lowest BCUT2D eigenvalue weighted by Gasteiger charge is -2.27. The Morgan fingerprint density at radius 1 is 0.875 bits per heavy atom. The number of nitrogens with zero attached hydrogens (tertiary/aromatic N) is 1. The highest BCUT2D eigenvalue weighted by atomic mass is 19.3. The Kier molecular flexibility index (Phi) is 7.58. The molecule has 0 aliphatic rings. The Hall–Kier alpha value is -3.26. The molecule has 1 unspecified atom stereocenters. The maximum atomic E-state index is 13.3. The number of halogens is 4. The molecule has 0 saturated heterocycles. The number of aliphatic hydroxyl groups excluding tert-OH is 1. The summed E-state index contributed by atoms with van der Waals surface area (Å²) in [5.41, 5.74) is 1.27. The van der Waals surface area contributed by atoms with Crippen molar-refractivity contribution in [3.63, 3.8) is 0 Å². The van der Waals surface area contributed by atoms with E-state index in [1.54, 1.807) is 31.2 Å². The molecule has 0 amide bonds. The first-order chi connectivity index (χ1) is 15.2. The van der Waals surface area contributed by atoms with E-state index in [4.69, 9.17) is 4.74 Å². The highest BCUT2D eigenvalue weighted by Gasteiger charge is 2.44. The summed E-state index contributed by atoms with van der Waals surface area (Å²) >= 11 is 0. The quantitative estimate of drug-likeness (QED) is 0.380. The van der Waals surface area contributed by atoms with Crippen molar-refractivity contribution in [2.45, 2.75) is 32.1 Å². The van der Waals surface area contributed by atoms with Crippen molar-refractivity contribution in [3.05, 3.63) is 84.4 Å². The van der Waals surface area contributed by atoms with E-state index in [0.29, 0.717) is 17.1 Å². The molecule has 0 aromatic heterocycles. The fourth-order valence-electron chi connectivity index (χ4n) is 3.08. The third kappa shape index (κ3) is 6.62. The second kappa shape index (κ2) is 10.4. The van der Waals surface area contributed by atoms with Crippen LogP contribution in [0.3, 0.4) is 0 Å². The number of ether oxygens (including phenoxy) is 2. The fourth-order valence-corrected chi connectivity index (χ4v) is 3.08. The average molecular weight is 449 g/mol. The van der Waals surface area contributed by atoms with Gasteiger partial charge in [0.1, 0.15) is 17.2 Å². The van der Waals surface area contributed by atoms with E-state index in [1.807, 2.05) is 41.3 Å². The minimum absolute atomic E-state index is 0.219. The minimum atomic E-state index is -4.58. The van der Waals surface area contributed by atoms with Crippen LogP contribution in [0.5, 0.6) is 17.2 Å². The Labute approximate surface area is 183 Å². The number of anilines is 1. The van der Waals surface area contributed by atoms with Crippen molar-refractivity contribution in [2.24, 2.45) is 0 Å². The summed E-state index contributed by atoms with van der Waals surface area (Å²) in [6.07, 6.45) is -9.21. The van der Waals surface area contributed by atoms with Gasteiger partial charge in [-0.3, -0.25) is 0 Å². The summed E-state index contributed by atoms with van der Waals surface area (Å²) in [5.74, 6) is 0.875. The molecule has 0 fully saturated rings. The molecule has 3 aromatic carbocycles. The molecule has 3 rings (SSSR count). The van der Waals surface area contributed by atoms with E-state index in [0.717, 1.165) is 5.69 Å². The van der Waals surface area contributed by atoms with Crippen molar-refractivity contribution in [3.8, 4) is 17.2 Å². The van der Waals surface area contributed by atoms with Gasteiger partial charge in [0, 0.05) is 24.8 Å². The van der Waals surface area contributed by atoms with Crippen LogP contribution in [0.4, 0.5) is 23.2 Å². The zero-order valence-corrected chi connectivity index (χ0v) is 17.3. The van der Waals surface area contributed by atoms with Gasteiger partial charge in [-0.25, -0.2) is 0 Å². The first-order valence-electron chi connectivity index (χ1n) is 9.93. The molecule has 32 heavy (non-hydrogen) atoms. The van der Waals surface area contributed by atoms with Gasteiger partial charge in [-0.1, -0.05) is 36.4 Å². The highest BCUT2D eigenvalue weighted by molar-refractivity contribution is 5.52. The van der Waals surface area contributed by atoms with Crippen molar-refractivity contribution < 1.29 is 32.1 Å². The largest absolute Gasteiger partial charge is 0.461 e. The Balaban J connectivity index is 1.80. The third-order valence-corrected chi connectivity index (χ3v) is 4.43. The Morgan fingerprint density at radius 2 is 1.53 bits per heavy atom. The number of hydrogen-bond donors (Lipinski definition) is 1. The second-order valence-electron chi connectivity index (χ2n) is 7.25. The van der Waals surface area contributed by atoms with Crippen molar-refractivity contribution in [2.75, 3.05) is 11.4 Å². The van der Waals surface area contributed by atoms with E-state index in [9.17, 15) is 22.7 Å². The van der Waals surface area contributed by atoms with E-state index < -0.39 is 18.6 Å². The number of para-hydroxylation sites is 1. The Morgan fingerprint density at radius 3 is 2.22 bits per heavy atom. The number of benzene rings is 3. The van der Waals surface area contributed by atoms with Crippen molar-refractivity contribution in [1.82, 2.24) is 0 Å². The summed E-state index contributed by atoms with van der Waals surface area (Å²) in [6, 6.07) is 22.0. The molecule has 0 saturated carbocycles. The van der Waals surface area contributed by atoms with Gasteiger partial charge in [0.2, 0.25) is 0 Å². The van der Waals surface area contributed by atoms with E-state index in [1.165, 1.54) is 18.2 Å². The molecule has 1 atom stereocenters. The molecule has 4 nitrogen and oxygen atoms in total. The van der Waals surface area contributed by atoms with Crippen molar-refractivity contribution in [1.29, 1.82) is 0 Å². The van der Waals surface area contributed by atoms with E-state index in [-0.39, 0.29) is 18.8 Å². The molecule has 1 N–H and O–H groups in total. The van der Waals surface area contributed by atoms with Crippen LogP contribution in [-0.2, 0) is 6.54 Å². The van der Waals surface area contributed by atoms with Crippen LogP contribution in [0.2, 0.25) is 0 Å². The van der Waals surface area contributed by atoms with Gasteiger partial charge < -0.3 is 19.5 Å². The summed E-state index contributed by atoms with van der Waals surface area (Å²) < 4.78 is 61.4. The lowest BCUT2D eigenvalue weighted by atomic mass is 10.1. The van der Waals surface area contributed by atoms with Gasteiger partial charge in [-0.05, 0) is 48.9 Å². The highest BCUT2D eigenvalue weighted by Crippen LogP contribution is 2.30. The Bertz CT molecular complexity index is 999. The third-order valence-electron chi connectivity index (χ3n) is 4.43. The predicted molar refractivity (Wildman–Crippen MR) is 114 cm³/mol. The fraction of sp³-hybridized carbons (Fsp3) is 0.250. The maximum absolute atomic E-state index is 13.3. The standard InChI is InChI=1S/C24H23F4NO3/c1-17(30)15-29(16-18-7-5-12-22(13-18)32-24(27,28)23(25)26)19-8-6-11-21(14-19)31-20-9-3-2-4-10-20/h2-14,17,23,30H,15-16H2,1H3. The SMILES string of the molecule is CC(O)CN(Cc1cccc(OC(F)(F)C(F)F)c1)c1cccc(Oc2ccccc2)c1. The first-order valence-corrected chi connectivity index (χ1v) is 9.93. The van der Waals surface area contributed by atoms with E-state index in [2.05, 4.69) is 4.74 Å². The lowest BCUT2D eigenvalue weighted by Crippen LogP contribution is -2.33. The monoisotopic (exact) mass is 449 g/mol. The molecule has 0 aliphatic heterocycles. The molecule has 0 spiro atoms. The molecular weight excluding hydrogens is 426 g/mol. The van der Waals surface area contributed by atoms with Gasteiger partial charge in [-0.2, -0.15) is 17.6 Å². The second-order valence-corrected chi connectivity index (χ2v) is 7.25. The average Bonchev–Trinajstić information content (AvgIpc) is 2.74. The topological polar surface area (TPSA) is 41.9 Å². The predicted octanol–water partition coefficient (Wildman–Crippen LogP) is 6.10.